The molecule has 0 spiro atoms. The van der Waals surface area contributed by atoms with E-state index in [0.717, 1.165) is 11.3 Å². The highest BCUT2D eigenvalue weighted by Gasteiger charge is 2.30. The monoisotopic (exact) mass is 259 g/mol. The number of nitrogens with zero attached hydrogens (tertiary/aromatic N) is 1. The Morgan fingerprint density at radius 3 is 2.63 bits per heavy atom. The van der Waals surface area contributed by atoms with Crippen molar-refractivity contribution >= 4 is 17.4 Å². The van der Waals surface area contributed by atoms with Gasteiger partial charge < -0.3 is 4.90 Å². The molecule has 102 valence electrons. The molecule has 0 saturated heterocycles. The molecule has 1 heterocycles. The summed E-state index contributed by atoms with van der Waals surface area (Å²) in [7, 11) is 0. The van der Waals surface area contributed by atoms with Gasteiger partial charge in [-0.3, -0.25) is 9.59 Å². The van der Waals surface area contributed by atoms with Crippen LogP contribution in [-0.2, 0) is 4.79 Å². The van der Waals surface area contributed by atoms with Crippen molar-refractivity contribution in [2.75, 3.05) is 11.4 Å². The van der Waals surface area contributed by atoms with Crippen molar-refractivity contribution < 1.29 is 9.59 Å². The molecule has 0 aliphatic carbocycles. The zero-order valence-electron chi connectivity index (χ0n) is 12.1. The number of aryl methyl sites for hydroxylation is 1. The molecular formula is C16H21NO2. The van der Waals surface area contributed by atoms with Crippen molar-refractivity contribution in [3.05, 3.63) is 29.3 Å². The van der Waals surface area contributed by atoms with E-state index in [9.17, 15) is 9.59 Å². The molecule has 0 unspecified atom stereocenters. The van der Waals surface area contributed by atoms with Gasteiger partial charge in [0.1, 0.15) is 0 Å². The average Bonchev–Trinajstić information content (AvgIpc) is 2.28. The van der Waals surface area contributed by atoms with Crippen LogP contribution >= 0.6 is 0 Å². The average molecular weight is 259 g/mol. The third-order valence-electron chi connectivity index (χ3n) is 3.35. The molecule has 0 radical (unpaired) electrons. The maximum atomic E-state index is 12.4. The first-order valence-corrected chi connectivity index (χ1v) is 6.73. The molecule has 3 nitrogen and oxygen atoms in total. The Labute approximate surface area is 114 Å². The zero-order valence-corrected chi connectivity index (χ0v) is 12.1. The molecule has 0 N–H and O–H groups in total. The Bertz CT molecular complexity index is 526. The number of amides is 1. The molecule has 3 heteroatoms. The largest absolute Gasteiger partial charge is 0.311 e. The van der Waals surface area contributed by atoms with Gasteiger partial charge in [-0.15, -0.1) is 0 Å². The van der Waals surface area contributed by atoms with Crippen LogP contribution in [0.4, 0.5) is 5.69 Å². The van der Waals surface area contributed by atoms with Gasteiger partial charge in [0.2, 0.25) is 5.91 Å². The Kier molecular flexibility index (Phi) is 3.48. The lowest BCUT2D eigenvalue weighted by atomic mass is 9.90. The summed E-state index contributed by atoms with van der Waals surface area (Å²) in [5.74, 6) is 0.244. The maximum absolute atomic E-state index is 12.4. The van der Waals surface area contributed by atoms with Crippen molar-refractivity contribution in [1.29, 1.82) is 0 Å². The molecule has 2 rings (SSSR count). The molecule has 0 bridgehead atoms. The SMILES string of the molecule is Cc1cccc2c1N(C(=O)CC(C)(C)C)CCC2=O. The van der Waals surface area contributed by atoms with Gasteiger partial charge in [-0.25, -0.2) is 0 Å². The van der Waals surface area contributed by atoms with Crippen LogP contribution in [0.15, 0.2) is 18.2 Å². The lowest BCUT2D eigenvalue weighted by Gasteiger charge is -2.32. The maximum Gasteiger partial charge on any atom is 0.227 e. The van der Waals surface area contributed by atoms with E-state index in [1.54, 1.807) is 4.90 Å². The summed E-state index contributed by atoms with van der Waals surface area (Å²) in [5.41, 5.74) is 2.45. The molecular weight excluding hydrogens is 238 g/mol. The second kappa shape index (κ2) is 4.80. The number of Topliss-reactive ketones (excluding diaryl/α,β-unsaturated/α-hetero) is 1. The van der Waals surface area contributed by atoms with Gasteiger partial charge in [0, 0.05) is 24.9 Å². The molecule has 0 fully saturated rings. The van der Waals surface area contributed by atoms with Crippen LogP contribution in [0, 0.1) is 12.3 Å². The van der Waals surface area contributed by atoms with Crippen molar-refractivity contribution in [3.63, 3.8) is 0 Å². The number of hydrogen-bond acceptors (Lipinski definition) is 2. The Hall–Kier alpha value is -1.64. The first-order valence-electron chi connectivity index (χ1n) is 6.73. The molecule has 1 aromatic carbocycles. The minimum absolute atomic E-state index is 0.0403. The zero-order chi connectivity index (χ0) is 14.2. The fraction of sp³-hybridized carbons (Fsp3) is 0.500. The van der Waals surface area contributed by atoms with Crippen molar-refractivity contribution in [1.82, 2.24) is 0 Å². The molecule has 0 saturated carbocycles. The molecule has 1 amide bonds. The van der Waals surface area contributed by atoms with Crippen LogP contribution in [0.5, 0.6) is 0 Å². The minimum Gasteiger partial charge on any atom is -0.311 e. The number of hydrogen-bond donors (Lipinski definition) is 0. The van der Waals surface area contributed by atoms with Gasteiger partial charge in [0.05, 0.1) is 5.69 Å². The van der Waals surface area contributed by atoms with Crippen molar-refractivity contribution in [2.45, 2.75) is 40.5 Å². The van der Waals surface area contributed by atoms with Gasteiger partial charge in [0.15, 0.2) is 5.78 Å². The van der Waals surface area contributed by atoms with Crippen LogP contribution in [0.1, 0.15) is 49.5 Å². The van der Waals surface area contributed by atoms with Crippen LogP contribution in [0.25, 0.3) is 0 Å². The number of fused-ring (bicyclic) bond motifs is 1. The van der Waals surface area contributed by atoms with Gasteiger partial charge in [0.25, 0.3) is 0 Å². The lowest BCUT2D eigenvalue weighted by Crippen LogP contribution is -2.39. The van der Waals surface area contributed by atoms with Crippen molar-refractivity contribution in [2.24, 2.45) is 5.41 Å². The molecule has 1 aliphatic rings. The van der Waals surface area contributed by atoms with Gasteiger partial charge in [-0.1, -0.05) is 32.9 Å². The van der Waals surface area contributed by atoms with E-state index in [1.165, 1.54) is 0 Å². The minimum atomic E-state index is -0.0403. The highest BCUT2D eigenvalue weighted by Crippen LogP contribution is 2.32. The van der Waals surface area contributed by atoms with Gasteiger partial charge >= 0.3 is 0 Å². The van der Waals surface area contributed by atoms with E-state index in [1.807, 2.05) is 25.1 Å². The Balaban J connectivity index is 2.38. The Morgan fingerprint density at radius 2 is 2.00 bits per heavy atom. The molecule has 0 aromatic heterocycles. The third-order valence-corrected chi connectivity index (χ3v) is 3.35. The molecule has 19 heavy (non-hydrogen) atoms. The fourth-order valence-corrected chi connectivity index (χ4v) is 2.50. The predicted octanol–water partition coefficient (Wildman–Crippen LogP) is 3.35. The summed E-state index contributed by atoms with van der Waals surface area (Å²) in [5, 5.41) is 0. The smallest absolute Gasteiger partial charge is 0.227 e. The summed E-state index contributed by atoms with van der Waals surface area (Å²) >= 11 is 0. The normalized spacial score (nSPS) is 15.4. The predicted molar refractivity (Wildman–Crippen MR) is 76.6 cm³/mol. The number of carbonyl (C=O) groups is 2. The van der Waals surface area contributed by atoms with Crippen LogP contribution < -0.4 is 4.90 Å². The molecule has 1 aromatic rings. The standard InChI is InChI=1S/C16H21NO2/c1-11-6-5-7-12-13(18)8-9-17(15(11)12)14(19)10-16(2,3)4/h5-7H,8-10H2,1-4H3. The van der Waals surface area contributed by atoms with Gasteiger partial charge in [-0.05, 0) is 24.0 Å². The van der Waals surface area contributed by atoms with E-state index in [2.05, 4.69) is 20.8 Å². The number of ketones is 1. The Morgan fingerprint density at radius 1 is 1.32 bits per heavy atom. The highest BCUT2D eigenvalue weighted by atomic mass is 16.2. The number of rotatable bonds is 1. The number of benzene rings is 1. The number of para-hydroxylation sites is 1. The van der Waals surface area contributed by atoms with Crippen LogP contribution in [0.2, 0.25) is 0 Å². The summed E-state index contributed by atoms with van der Waals surface area (Å²) < 4.78 is 0. The van der Waals surface area contributed by atoms with Crippen LogP contribution in [0.3, 0.4) is 0 Å². The van der Waals surface area contributed by atoms with E-state index < -0.39 is 0 Å². The van der Waals surface area contributed by atoms with E-state index >= 15 is 0 Å². The fourth-order valence-electron chi connectivity index (χ4n) is 2.50. The summed E-state index contributed by atoms with van der Waals surface area (Å²) in [4.78, 5) is 26.2. The number of anilines is 1. The second-order valence-electron chi connectivity index (χ2n) is 6.43. The van der Waals surface area contributed by atoms with E-state index in [-0.39, 0.29) is 17.1 Å². The summed E-state index contributed by atoms with van der Waals surface area (Å²) in [6.45, 7) is 8.62. The summed E-state index contributed by atoms with van der Waals surface area (Å²) in [6.07, 6.45) is 0.918. The summed E-state index contributed by atoms with van der Waals surface area (Å²) in [6, 6.07) is 5.65. The second-order valence-corrected chi connectivity index (χ2v) is 6.43. The number of carbonyl (C=O) groups excluding carboxylic acids is 2. The van der Waals surface area contributed by atoms with Gasteiger partial charge in [-0.2, -0.15) is 0 Å². The van der Waals surface area contributed by atoms with Crippen molar-refractivity contribution in [3.8, 4) is 0 Å². The molecule has 0 atom stereocenters. The quantitative estimate of drug-likeness (QED) is 0.775. The highest BCUT2D eigenvalue weighted by molar-refractivity contribution is 6.09. The first-order chi connectivity index (χ1) is 8.79. The van der Waals surface area contributed by atoms with E-state index in [0.29, 0.717) is 24.9 Å². The lowest BCUT2D eigenvalue weighted by molar-refractivity contribution is -0.120. The molecule has 1 aliphatic heterocycles. The topological polar surface area (TPSA) is 37.4 Å². The van der Waals surface area contributed by atoms with E-state index in [4.69, 9.17) is 0 Å². The third kappa shape index (κ3) is 2.86. The van der Waals surface area contributed by atoms with Crippen LogP contribution in [-0.4, -0.2) is 18.2 Å². The first kappa shape index (κ1) is 13.8.